The molecule has 0 aromatic heterocycles. The van der Waals surface area contributed by atoms with Crippen molar-refractivity contribution in [3.63, 3.8) is 0 Å². The highest BCUT2D eigenvalue weighted by molar-refractivity contribution is 14.0. The summed E-state index contributed by atoms with van der Waals surface area (Å²) in [7, 11) is 1.35. The van der Waals surface area contributed by atoms with E-state index < -0.39 is 5.82 Å². The van der Waals surface area contributed by atoms with Crippen molar-refractivity contribution in [3.8, 4) is 5.75 Å². The number of nitrogens with one attached hydrogen (secondary N) is 2. The third-order valence-electron chi connectivity index (χ3n) is 3.19. The molecule has 1 rings (SSSR count). The summed E-state index contributed by atoms with van der Waals surface area (Å²) in [6, 6.07) is 6.28. The maximum absolute atomic E-state index is 13.6. The van der Waals surface area contributed by atoms with E-state index in [2.05, 4.69) is 20.4 Å². The van der Waals surface area contributed by atoms with Gasteiger partial charge in [-0.15, -0.1) is 24.0 Å². The van der Waals surface area contributed by atoms with Gasteiger partial charge < -0.3 is 20.1 Å². The van der Waals surface area contributed by atoms with Crippen LogP contribution in [0, 0.1) is 11.7 Å². The van der Waals surface area contributed by atoms with Gasteiger partial charge in [0.25, 0.3) is 0 Å². The van der Waals surface area contributed by atoms with E-state index in [0.29, 0.717) is 25.6 Å². The third-order valence-corrected chi connectivity index (χ3v) is 3.19. The zero-order valence-electron chi connectivity index (χ0n) is 15.0. The number of carbonyl (C=O) groups is 1. The van der Waals surface area contributed by atoms with Gasteiger partial charge in [-0.25, -0.2) is 4.39 Å². The normalized spacial score (nSPS) is 13.2. The molecule has 0 fully saturated rings. The molecule has 2 N–H and O–H groups in total. The maximum atomic E-state index is 13.6. The van der Waals surface area contributed by atoms with E-state index >= 15 is 0 Å². The summed E-state index contributed by atoms with van der Waals surface area (Å²) in [5, 5.41) is 6.19. The molecule has 0 aliphatic carbocycles. The van der Waals surface area contributed by atoms with E-state index in [1.54, 1.807) is 25.1 Å². The molecular formula is C17H27FIN3O3. The molecule has 0 spiro atoms. The largest absolute Gasteiger partial charge is 0.486 e. The molecule has 6 nitrogen and oxygen atoms in total. The fourth-order valence-electron chi connectivity index (χ4n) is 1.88. The second-order valence-corrected chi connectivity index (χ2v) is 5.38. The number of rotatable bonds is 8. The van der Waals surface area contributed by atoms with E-state index in [-0.39, 0.29) is 47.7 Å². The lowest BCUT2D eigenvalue weighted by molar-refractivity contribution is -0.144. The summed E-state index contributed by atoms with van der Waals surface area (Å²) >= 11 is 0. The van der Waals surface area contributed by atoms with Gasteiger partial charge in [0.1, 0.15) is 6.10 Å². The molecule has 1 aromatic carbocycles. The molecule has 0 amide bonds. The molecule has 0 aliphatic heterocycles. The molecule has 0 bridgehead atoms. The molecule has 2 atom stereocenters. The predicted octanol–water partition coefficient (Wildman–Crippen LogP) is 2.58. The Morgan fingerprint density at radius 1 is 1.28 bits per heavy atom. The van der Waals surface area contributed by atoms with Crippen molar-refractivity contribution >= 4 is 35.9 Å². The van der Waals surface area contributed by atoms with Crippen molar-refractivity contribution in [1.82, 2.24) is 10.6 Å². The number of benzene rings is 1. The summed E-state index contributed by atoms with van der Waals surface area (Å²) in [5.41, 5.74) is 0. The Balaban J connectivity index is 0.00000576. The number of hydrogen-bond acceptors (Lipinski definition) is 4. The first-order chi connectivity index (χ1) is 11.5. The second kappa shape index (κ2) is 12.7. The van der Waals surface area contributed by atoms with Crippen molar-refractivity contribution in [3.05, 3.63) is 30.1 Å². The molecule has 0 saturated heterocycles. The highest BCUT2D eigenvalue weighted by atomic mass is 127. The van der Waals surface area contributed by atoms with Gasteiger partial charge in [0, 0.05) is 6.54 Å². The summed E-state index contributed by atoms with van der Waals surface area (Å²) in [6.45, 7) is 6.96. The number of halogens is 2. The molecule has 8 heteroatoms. The Bertz CT molecular complexity index is 558. The SMILES string of the molecule is CCNC(=NCC(C)C(=O)OC)NCC(C)Oc1ccccc1F.I. The number of ether oxygens (including phenoxy) is 2. The Hall–Kier alpha value is -1.58. The van der Waals surface area contributed by atoms with Crippen molar-refractivity contribution < 1.29 is 18.7 Å². The molecular weight excluding hydrogens is 440 g/mol. The van der Waals surface area contributed by atoms with Gasteiger partial charge in [0.15, 0.2) is 17.5 Å². The first kappa shape index (κ1) is 23.4. The predicted molar refractivity (Wildman–Crippen MR) is 107 cm³/mol. The quantitative estimate of drug-likeness (QED) is 0.266. The van der Waals surface area contributed by atoms with Crippen molar-refractivity contribution in [2.45, 2.75) is 26.9 Å². The second-order valence-electron chi connectivity index (χ2n) is 5.38. The first-order valence-electron chi connectivity index (χ1n) is 7.99. The smallest absolute Gasteiger partial charge is 0.310 e. The summed E-state index contributed by atoms with van der Waals surface area (Å²) in [6.07, 6.45) is -0.260. The van der Waals surface area contributed by atoms with Crippen LogP contribution in [-0.2, 0) is 9.53 Å². The minimum Gasteiger partial charge on any atom is -0.486 e. The fraction of sp³-hybridized carbons (Fsp3) is 0.529. The molecule has 0 saturated carbocycles. The monoisotopic (exact) mass is 467 g/mol. The molecule has 0 radical (unpaired) electrons. The summed E-state index contributed by atoms with van der Waals surface area (Å²) in [5.74, 6) is -0.231. The minimum absolute atomic E-state index is 0. The fourth-order valence-corrected chi connectivity index (χ4v) is 1.88. The Labute approximate surface area is 165 Å². The Morgan fingerprint density at radius 3 is 2.56 bits per heavy atom. The van der Waals surface area contributed by atoms with E-state index in [1.807, 2.05) is 13.8 Å². The number of aliphatic imine (C=N–C) groups is 1. The lowest BCUT2D eigenvalue weighted by Crippen LogP contribution is -2.42. The highest BCUT2D eigenvalue weighted by Crippen LogP contribution is 2.16. The van der Waals surface area contributed by atoms with Crippen LogP contribution in [0.25, 0.3) is 0 Å². The van der Waals surface area contributed by atoms with Crippen molar-refractivity contribution in [1.29, 1.82) is 0 Å². The highest BCUT2D eigenvalue weighted by Gasteiger charge is 2.13. The number of para-hydroxylation sites is 1. The van der Waals surface area contributed by atoms with Crippen LogP contribution in [0.5, 0.6) is 5.75 Å². The van der Waals surface area contributed by atoms with Crippen LogP contribution in [0.1, 0.15) is 20.8 Å². The van der Waals surface area contributed by atoms with Crippen LogP contribution >= 0.6 is 24.0 Å². The summed E-state index contributed by atoms with van der Waals surface area (Å²) < 4.78 is 23.8. The average Bonchev–Trinajstić information content (AvgIpc) is 2.58. The minimum atomic E-state index is -0.392. The number of guanidine groups is 1. The van der Waals surface area contributed by atoms with Gasteiger partial charge in [0.05, 0.1) is 26.1 Å². The van der Waals surface area contributed by atoms with E-state index in [1.165, 1.54) is 13.2 Å². The lowest BCUT2D eigenvalue weighted by atomic mass is 10.2. The average molecular weight is 467 g/mol. The van der Waals surface area contributed by atoms with Gasteiger partial charge in [0.2, 0.25) is 0 Å². The molecule has 142 valence electrons. The maximum Gasteiger partial charge on any atom is 0.310 e. The van der Waals surface area contributed by atoms with Gasteiger partial charge in [-0.3, -0.25) is 9.79 Å². The molecule has 25 heavy (non-hydrogen) atoms. The van der Waals surface area contributed by atoms with Crippen LogP contribution < -0.4 is 15.4 Å². The lowest BCUT2D eigenvalue weighted by Gasteiger charge is -2.18. The Morgan fingerprint density at radius 2 is 1.96 bits per heavy atom. The van der Waals surface area contributed by atoms with Crippen LogP contribution in [0.15, 0.2) is 29.3 Å². The number of esters is 1. The van der Waals surface area contributed by atoms with Crippen LogP contribution in [0.2, 0.25) is 0 Å². The zero-order chi connectivity index (χ0) is 17.9. The Kier molecular flexibility index (Phi) is 11.9. The van der Waals surface area contributed by atoms with Crippen molar-refractivity contribution in [2.75, 3.05) is 26.7 Å². The number of carbonyl (C=O) groups excluding carboxylic acids is 1. The van der Waals surface area contributed by atoms with E-state index in [9.17, 15) is 9.18 Å². The zero-order valence-corrected chi connectivity index (χ0v) is 17.4. The van der Waals surface area contributed by atoms with Gasteiger partial charge in [-0.1, -0.05) is 19.1 Å². The third kappa shape index (κ3) is 8.89. The standard InChI is InChI=1S/C17H26FN3O3.HI/c1-5-19-17(20-10-12(2)16(22)23-4)21-11-13(3)24-15-9-7-6-8-14(15)18;/h6-9,12-13H,5,10-11H2,1-4H3,(H2,19,20,21);1H. The van der Waals surface area contributed by atoms with Gasteiger partial charge in [-0.05, 0) is 26.0 Å². The van der Waals surface area contributed by atoms with Gasteiger partial charge >= 0.3 is 5.97 Å². The topological polar surface area (TPSA) is 72.0 Å². The van der Waals surface area contributed by atoms with Crippen LogP contribution in [0.3, 0.4) is 0 Å². The first-order valence-corrected chi connectivity index (χ1v) is 7.99. The van der Waals surface area contributed by atoms with Gasteiger partial charge in [-0.2, -0.15) is 0 Å². The van der Waals surface area contributed by atoms with Crippen LogP contribution in [-0.4, -0.2) is 44.8 Å². The van der Waals surface area contributed by atoms with E-state index in [0.717, 1.165) is 0 Å². The van der Waals surface area contributed by atoms with Crippen molar-refractivity contribution in [2.24, 2.45) is 10.9 Å². The van der Waals surface area contributed by atoms with E-state index in [4.69, 9.17) is 4.74 Å². The number of nitrogens with zero attached hydrogens (tertiary/aromatic N) is 1. The number of methoxy groups -OCH3 is 1. The summed E-state index contributed by atoms with van der Waals surface area (Å²) in [4.78, 5) is 15.7. The molecule has 2 unspecified atom stereocenters. The number of hydrogen-bond donors (Lipinski definition) is 2. The molecule has 1 aromatic rings. The molecule has 0 heterocycles. The molecule has 0 aliphatic rings. The van der Waals surface area contributed by atoms with Crippen LogP contribution in [0.4, 0.5) is 4.39 Å².